The van der Waals surface area contributed by atoms with Crippen LogP contribution in [0.2, 0.25) is 0 Å². The Morgan fingerprint density at radius 3 is 2.47 bits per heavy atom. The molecule has 0 bridgehead atoms. The molecule has 0 aromatic rings. The molecule has 0 amide bonds. The molecule has 0 saturated heterocycles. The summed E-state index contributed by atoms with van der Waals surface area (Å²) in [5.41, 5.74) is 0.552. The molecule has 0 aliphatic heterocycles. The summed E-state index contributed by atoms with van der Waals surface area (Å²) >= 11 is 1.92. The molecule has 0 atom stereocenters. The largest absolute Gasteiger partial charge is 0.356 e. The number of rotatable bonds is 8. The maximum Gasteiger partial charge on any atom is 0.190 e. The summed E-state index contributed by atoms with van der Waals surface area (Å²) in [4.78, 5) is 4.29. The quantitative estimate of drug-likeness (QED) is 0.284. The lowest BCUT2D eigenvalue weighted by molar-refractivity contribution is 0.131. The third-order valence-electron chi connectivity index (χ3n) is 4.09. The SMILES string of the molecule is CCC1(CNC(=NC)NCCCCSC)CCC1.I. The van der Waals surface area contributed by atoms with E-state index in [9.17, 15) is 0 Å². The van der Waals surface area contributed by atoms with E-state index in [1.165, 1.54) is 44.3 Å². The Labute approximate surface area is 140 Å². The normalized spacial score (nSPS) is 17.3. The third-order valence-corrected chi connectivity index (χ3v) is 4.78. The van der Waals surface area contributed by atoms with Crippen LogP contribution in [0.25, 0.3) is 0 Å². The van der Waals surface area contributed by atoms with Crippen LogP contribution in [0.5, 0.6) is 0 Å². The highest BCUT2D eigenvalue weighted by Crippen LogP contribution is 2.42. The van der Waals surface area contributed by atoms with Gasteiger partial charge < -0.3 is 10.6 Å². The van der Waals surface area contributed by atoms with Crippen molar-refractivity contribution in [3.63, 3.8) is 0 Å². The average Bonchev–Trinajstić information content (AvgIpc) is 2.35. The zero-order chi connectivity index (χ0) is 13.3. The van der Waals surface area contributed by atoms with Crippen LogP contribution in [-0.4, -0.2) is 38.1 Å². The fraction of sp³-hybridized carbons (Fsp3) is 0.929. The van der Waals surface area contributed by atoms with Gasteiger partial charge in [-0.1, -0.05) is 13.3 Å². The fourth-order valence-electron chi connectivity index (χ4n) is 2.40. The van der Waals surface area contributed by atoms with Crippen LogP contribution in [0, 0.1) is 5.41 Å². The molecular weight excluding hydrogens is 369 g/mol. The molecule has 1 fully saturated rings. The molecular formula is C14H30IN3S. The summed E-state index contributed by atoms with van der Waals surface area (Å²) in [7, 11) is 1.86. The van der Waals surface area contributed by atoms with Gasteiger partial charge >= 0.3 is 0 Å². The Morgan fingerprint density at radius 2 is 2.00 bits per heavy atom. The molecule has 2 N–H and O–H groups in total. The Bertz CT molecular complexity index is 250. The Morgan fingerprint density at radius 1 is 1.26 bits per heavy atom. The van der Waals surface area contributed by atoms with Crippen molar-refractivity contribution < 1.29 is 0 Å². The number of thioether (sulfide) groups is 1. The molecule has 0 aromatic heterocycles. The van der Waals surface area contributed by atoms with E-state index in [4.69, 9.17) is 0 Å². The van der Waals surface area contributed by atoms with Gasteiger partial charge in [-0.15, -0.1) is 24.0 Å². The second-order valence-corrected chi connectivity index (χ2v) is 6.25. The lowest BCUT2D eigenvalue weighted by atomic mass is 9.67. The Balaban J connectivity index is 0.00000324. The first kappa shape index (κ1) is 19.4. The number of hydrogen-bond acceptors (Lipinski definition) is 2. The van der Waals surface area contributed by atoms with Gasteiger partial charge in [0.25, 0.3) is 0 Å². The smallest absolute Gasteiger partial charge is 0.190 e. The van der Waals surface area contributed by atoms with E-state index in [2.05, 4.69) is 28.8 Å². The fourth-order valence-corrected chi connectivity index (χ4v) is 2.89. The van der Waals surface area contributed by atoms with Gasteiger partial charge in [-0.25, -0.2) is 0 Å². The number of nitrogens with zero attached hydrogens (tertiary/aromatic N) is 1. The van der Waals surface area contributed by atoms with Crippen LogP contribution in [-0.2, 0) is 0 Å². The molecule has 0 unspecified atom stereocenters. The van der Waals surface area contributed by atoms with Gasteiger partial charge in [0.15, 0.2) is 5.96 Å². The van der Waals surface area contributed by atoms with E-state index in [0.29, 0.717) is 5.41 Å². The zero-order valence-corrected chi connectivity index (χ0v) is 15.8. The van der Waals surface area contributed by atoms with E-state index >= 15 is 0 Å². The van der Waals surface area contributed by atoms with Gasteiger partial charge in [-0.05, 0) is 49.5 Å². The molecule has 114 valence electrons. The number of aliphatic imine (C=N–C) groups is 1. The standard InChI is InChI=1S/C14H29N3S.HI/c1-4-14(8-7-9-14)12-17-13(15-2)16-10-5-6-11-18-3;/h4-12H2,1-3H3,(H2,15,16,17);1H. The van der Waals surface area contributed by atoms with E-state index in [0.717, 1.165) is 19.0 Å². The second-order valence-electron chi connectivity index (χ2n) is 5.26. The highest BCUT2D eigenvalue weighted by Gasteiger charge is 2.34. The molecule has 0 spiro atoms. The highest BCUT2D eigenvalue weighted by molar-refractivity contribution is 14.0. The van der Waals surface area contributed by atoms with E-state index in [1.54, 1.807) is 0 Å². The van der Waals surface area contributed by atoms with E-state index in [1.807, 2.05) is 18.8 Å². The first-order valence-corrected chi connectivity index (χ1v) is 8.59. The Kier molecular flexibility index (Phi) is 11.3. The van der Waals surface area contributed by atoms with Gasteiger partial charge in [-0.2, -0.15) is 11.8 Å². The Hall–Kier alpha value is 0.350. The van der Waals surface area contributed by atoms with Crippen LogP contribution in [0.15, 0.2) is 4.99 Å². The van der Waals surface area contributed by atoms with Crippen molar-refractivity contribution in [2.45, 2.75) is 45.4 Å². The first-order chi connectivity index (χ1) is 8.76. The molecule has 1 aliphatic rings. The third kappa shape index (κ3) is 7.06. The molecule has 19 heavy (non-hydrogen) atoms. The predicted molar refractivity (Wildman–Crippen MR) is 99.0 cm³/mol. The van der Waals surface area contributed by atoms with Crippen molar-refractivity contribution in [2.24, 2.45) is 10.4 Å². The molecule has 1 saturated carbocycles. The molecule has 1 rings (SSSR count). The molecule has 0 radical (unpaired) electrons. The summed E-state index contributed by atoms with van der Waals surface area (Å²) in [6.07, 6.45) is 10.1. The zero-order valence-electron chi connectivity index (χ0n) is 12.6. The van der Waals surface area contributed by atoms with Crippen LogP contribution in [0.1, 0.15) is 45.4 Å². The van der Waals surface area contributed by atoms with Crippen molar-refractivity contribution in [3.05, 3.63) is 0 Å². The summed E-state index contributed by atoms with van der Waals surface area (Å²) in [5, 5.41) is 6.89. The van der Waals surface area contributed by atoms with Crippen molar-refractivity contribution in [1.29, 1.82) is 0 Å². The summed E-state index contributed by atoms with van der Waals surface area (Å²) in [6.45, 7) is 4.41. The summed E-state index contributed by atoms with van der Waals surface area (Å²) in [6, 6.07) is 0. The second kappa shape index (κ2) is 11.1. The average molecular weight is 399 g/mol. The van der Waals surface area contributed by atoms with Gasteiger partial charge in [0, 0.05) is 20.1 Å². The number of guanidine groups is 1. The number of unbranched alkanes of at least 4 members (excludes halogenated alkanes) is 1. The highest BCUT2D eigenvalue weighted by atomic mass is 127. The maximum atomic E-state index is 4.29. The van der Waals surface area contributed by atoms with Crippen molar-refractivity contribution >= 4 is 41.7 Å². The van der Waals surface area contributed by atoms with Crippen molar-refractivity contribution in [3.8, 4) is 0 Å². The van der Waals surface area contributed by atoms with Crippen LogP contribution in [0.4, 0.5) is 0 Å². The minimum atomic E-state index is 0. The molecule has 0 heterocycles. The van der Waals surface area contributed by atoms with Crippen LogP contribution < -0.4 is 10.6 Å². The van der Waals surface area contributed by atoms with Crippen LogP contribution >= 0.6 is 35.7 Å². The predicted octanol–water partition coefficient (Wildman–Crippen LogP) is 3.49. The van der Waals surface area contributed by atoms with Gasteiger partial charge in [-0.3, -0.25) is 4.99 Å². The summed E-state index contributed by atoms with van der Waals surface area (Å²) < 4.78 is 0. The maximum absolute atomic E-state index is 4.29. The van der Waals surface area contributed by atoms with Gasteiger partial charge in [0.2, 0.25) is 0 Å². The molecule has 0 aromatic carbocycles. The van der Waals surface area contributed by atoms with E-state index < -0.39 is 0 Å². The lowest BCUT2D eigenvalue weighted by Crippen LogP contribution is -2.46. The van der Waals surface area contributed by atoms with Gasteiger partial charge in [0.05, 0.1) is 0 Å². The first-order valence-electron chi connectivity index (χ1n) is 7.20. The number of nitrogens with one attached hydrogen (secondary N) is 2. The molecule has 5 heteroatoms. The monoisotopic (exact) mass is 399 g/mol. The van der Waals surface area contributed by atoms with Crippen LogP contribution in [0.3, 0.4) is 0 Å². The van der Waals surface area contributed by atoms with Crippen molar-refractivity contribution in [1.82, 2.24) is 10.6 Å². The molecule has 1 aliphatic carbocycles. The van der Waals surface area contributed by atoms with E-state index in [-0.39, 0.29) is 24.0 Å². The minimum absolute atomic E-state index is 0. The summed E-state index contributed by atoms with van der Waals surface area (Å²) in [5.74, 6) is 2.23. The lowest BCUT2D eigenvalue weighted by Gasteiger charge is -2.41. The number of hydrogen-bond donors (Lipinski definition) is 2. The van der Waals surface area contributed by atoms with Crippen molar-refractivity contribution in [2.75, 3.05) is 32.1 Å². The van der Waals surface area contributed by atoms with Gasteiger partial charge in [0.1, 0.15) is 0 Å². The molecule has 3 nitrogen and oxygen atoms in total. The topological polar surface area (TPSA) is 36.4 Å². The number of halogens is 1. The minimum Gasteiger partial charge on any atom is -0.356 e.